The maximum Gasteiger partial charge on any atom is 0.220 e. The number of halogens is 1. The number of nitriles is 1. The number of hydrogen-bond donors (Lipinski definition) is 1. The van der Waals surface area contributed by atoms with Crippen LogP contribution >= 0.6 is 0 Å². The molecule has 0 bridgehead atoms. The van der Waals surface area contributed by atoms with Crippen LogP contribution in [0.15, 0.2) is 42.6 Å². The Morgan fingerprint density at radius 3 is 2.62 bits per heavy atom. The molecule has 0 unspecified atom stereocenters. The molecule has 8 heteroatoms. The van der Waals surface area contributed by atoms with Crippen molar-refractivity contribution in [3.63, 3.8) is 0 Å². The van der Waals surface area contributed by atoms with Gasteiger partial charge in [0.05, 0.1) is 35.5 Å². The Labute approximate surface area is 197 Å². The van der Waals surface area contributed by atoms with E-state index in [2.05, 4.69) is 11.2 Å². The molecule has 1 aliphatic carbocycles. The molecule has 4 aromatic rings. The van der Waals surface area contributed by atoms with Crippen LogP contribution in [0.4, 0.5) is 4.39 Å². The number of aromatic nitrogens is 4. The van der Waals surface area contributed by atoms with Crippen LogP contribution in [0.2, 0.25) is 0 Å². The molecule has 5 rings (SSSR count). The van der Waals surface area contributed by atoms with Gasteiger partial charge in [0.1, 0.15) is 17.6 Å². The molecule has 1 fully saturated rings. The van der Waals surface area contributed by atoms with E-state index in [-0.39, 0.29) is 17.6 Å². The Morgan fingerprint density at radius 2 is 1.91 bits per heavy atom. The fourth-order valence-corrected chi connectivity index (χ4v) is 4.82. The summed E-state index contributed by atoms with van der Waals surface area (Å²) >= 11 is 0. The molecule has 2 aromatic carbocycles. The van der Waals surface area contributed by atoms with Crippen molar-refractivity contribution in [1.29, 1.82) is 5.26 Å². The lowest BCUT2D eigenvalue weighted by Gasteiger charge is -2.27. The molecule has 0 radical (unpaired) electrons. The van der Waals surface area contributed by atoms with E-state index in [1.807, 2.05) is 47.7 Å². The van der Waals surface area contributed by atoms with Gasteiger partial charge in [-0.05, 0) is 62.4 Å². The SMILES string of the molecule is CCOc1c(-c2ccc3c(cnn3C)c2)c(-c2ccc(C#N)c(F)c2)nn1C1CCC(N)CC1. The van der Waals surface area contributed by atoms with E-state index in [9.17, 15) is 9.65 Å². The molecule has 0 aliphatic heterocycles. The molecule has 2 heterocycles. The molecule has 0 amide bonds. The van der Waals surface area contributed by atoms with E-state index in [1.165, 1.54) is 12.1 Å². The normalized spacial score (nSPS) is 18.2. The van der Waals surface area contributed by atoms with Gasteiger partial charge in [-0.2, -0.15) is 15.5 Å². The number of ether oxygens (including phenoxy) is 1. The summed E-state index contributed by atoms with van der Waals surface area (Å²) in [5.41, 5.74) is 10.1. The van der Waals surface area contributed by atoms with Crippen molar-refractivity contribution < 1.29 is 9.13 Å². The second kappa shape index (κ2) is 8.92. The predicted molar refractivity (Wildman–Crippen MR) is 129 cm³/mol. The summed E-state index contributed by atoms with van der Waals surface area (Å²) in [5, 5.41) is 19.5. The van der Waals surface area contributed by atoms with Crippen LogP contribution in [0.3, 0.4) is 0 Å². The maximum absolute atomic E-state index is 14.6. The second-order valence-electron chi connectivity index (χ2n) is 8.82. The standard InChI is InChI=1S/C26H27FN6O/c1-3-34-26-24(16-6-11-23-19(12-16)15-30-32(23)2)25(17-4-5-18(14-28)22(27)13-17)31-33(26)21-9-7-20(29)8-10-21/h4-6,11-13,15,20-21H,3,7-10,29H2,1-2H3. The van der Waals surface area contributed by atoms with Gasteiger partial charge in [0.2, 0.25) is 5.88 Å². The molecule has 0 spiro atoms. The van der Waals surface area contributed by atoms with Crippen molar-refractivity contribution in [2.24, 2.45) is 12.8 Å². The summed E-state index contributed by atoms with van der Waals surface area (Å²) in [6.45, 7) is 2.42. The molecule has 1 aliphatic rings. The van der Waals surface area contributed by atoms with Gasteiger partial charge < -0.3 is 10.5 Å². The summed E-state index contributed by atoms with van der Waals surface area (Å²) in [6, 6.07) is 13.0. The minimum absolute atomic E-state index is 0.00723. The maximum atomic E-state index is 14.6. The zero-order valence-corrected chi connectivity index (χ0v) is 19.3. The first-order valence-electron chi connectivity index (χ1n) is 11.6. The summed E-state index contributed by atoms with van der Waals surface area (Å²) in [7, 11) is 1.91. The Bertz CT molecular complexity index is 1390. The topological polar surface area (TPSA) is 94.7 Å². The Morgan fingerprint density at radius 1 is 1.15 bits per heavy atom. The van der Waals surface area contributed by atoms with E-state index in [0.717, 1.165) is 47.7 Å². The van der Waals surface area contributed by atoms with Crippen molar-refractivity contribution in [3.05, 3.63) is 54.0 Å². The van der Waals surface area contributed by atoms with Crippen LogP contribution < -0.4 is 10.5 Å². The van der Waals surface area contributed by atoms with E-state index in [1.54, 1.807) is 6.07 Å². The van der Waals surface area contributed by atoms with Gasteiger partial charge in [0.15, 0.2) is 0 Å². The van der Waals surface area contributed by atoms with Crippen LogP contribution in [0.5, 0.6) is 5.88 Å². The van der Waals surface area contributed by atoms with Gasteiger partial charge >= 0.3 is 0 Å². The zero-order chi connectivity index (χ0) is 23.8. The fraction of sp³-hybridized carbons (Fsp3) is 0.346. The highest BCUT2D eigenvalue weighted by Gasteiger charge is 2.29. The molecule has 2 N–H and O–H groups in total. The van der Waals surface area contributed by atoms with Crippen molar-refractivity contribution in [1.82, 2.24) is 19.6 Å². The summed E-state index contributed by atoms with van der Waals surface area (Å²) in [6.07, 6.45) is 5.49. The van der Waals surface area contributed by atoms with Gasteiger partial charge in [0, 0.05) is 24.0 Å². The molecular weight excluding hydrogens is 431 g/mol. The third-order valence-corrected chi connectivity index (χ3v) is 6.63. The minimum Gasteiger partial charge on any atom is -0.478 e. The number of hydrogen-bond acceptors (Lipinski definition) is 5. The zero-order valence-electron chi connectivity index (χ0n) is 19.3. The molecule has 0 atom stereocenters. The molecule has 174 valence electrons. The third-order valence-electron chi connectivity index (χ3n) is 6.63. The van der Waals surface area contributed by atoms with Crippen LogP contribution in [0.1, 0.15) is 44.2 Å². The molecule has 0 saturated heterocycles. The van der Waals surface area contributed by atoms with Gasteiger partial charge in [-0.25, -0.2) is 9.07 Å². The van der Waals surface area contributed by atoms with Gasteiger partial charge in [-0.15, -0.1) is 0 Å². The fourth-order valence-electron chi connectivity index (χ4n) is 4.82. The molecule has 34 heavy (non-hydrogen) atoms. The van der Waals surface area contributed by atoms with Crippen LogP contribution in [0.25, 0.3) is 33.3 Å². The first kappa shape index (κ1) is 22.1. The van der Waals surface area contributed by atoms with Crippen LogP contribution in [0, 0.1) is 17.1 Å². The number of nitrogens with zero attached hydrogens (tertiary/aromatic N) is 5. The molecule has 7 nitrogen and oxygen atoms in total. The lowest BCUT2D eigenvalue weighted by molar-refractivity contribution is 0.248. The lowest BCUT2D eigenvalue weighted by atomic mass is 9.92. The quantitative estimate of drug-likeness (QED) is 0.456. The van der Waals surface area contributed by atoms with Crippen LogP contribution in [-0.2, 0) is 7.05 Å². The number of benzene rings is 2. The van der Waals surface area contributed by atoms with E-state index in [0.29, 0.717) is 23.7 Å². The van der Waals surface area contributed by atoms with Gasteiger partial charge in [-0.1, -0.05) is 12.1 Å². The third kappa shape index (κ3) is 3.82. The molecular formula is C26H27FN6O. The monoisotopic (exact) mass is 458 g/mol. The number of nitrogens with two attached hydrogens (primary N) is 1. The van der Waals surface area contributed by atoms with Gasteiger partial charge in [0.25, 0.3) is 0 Å². The first-order valence-corrected chi connectivity index (χ1v) is 11.6. The minimum atomic E-state index is -0.565. The lowest BCUT2D eigenvalue weighted by Crippen LogP contribution is -2.28. The van der Waals surface area contributed by atoms with E-state index < -0.39 is 5.82 Å². The average Bonchev–Trinajstić information content (AvgIpc) is 3.40. The van der Waals surface area contributed by atoms with E-state index in [4.69, 9.17) is 15.6 Å². The highest BCUT2D eigenvalue weighted by atomic mass is 19.1. The highest BCUT2D eigenvalue weighted by Crippen LogP contribution is 2.43. The van der Waals surface area contributed by atoms with E-state index >= 15 is 0 Å². The smallest absolute Gasteiger partial charge is 0.220 e. The largest absolute Gasteiger partial charge is 0.478 e. The van der Waals surface area contributed by atoms with Gasteiger partial charge in [-0.3, -0.25) is 4.68 Å². The summed E-state index contributed by atoms with van der Waals surface area (Å²) in [5.74, 6) is 0.107. The Balaban J connectivity index is 1.73. The first-order chi connectivity index (χ1) is 16.5. The van der Waals surface area contributed by atoms with Crippen LogP contribution in [-0.4, -0.2) is 32.2 Å². The summed E-state index contributed by atoms with van der Waals surface area (Å²) < 4.78 is 24.6. The summed E-state index contributed by atoms with van der Waals surface area (Å²) in [4.78, 5) is 0. The van der Waals surface area contributed by atoms with Crippen molar-refractivity contribution in [3.8, 4) is 34.3 Å². The molecule has 2 aromatic heterocycles. The second-order valence-corrected chi connectivity index (χ2v) is 8.82. The van der Waals surface area contributed by atoms with Crippen molar-refractivity contribution in [2.75, 3.05) is 6.61 Å². The Kier molecular flexibility index (Phi) is 5.80. The predicted octanol–water partition coefficient (Wildman–Crippen LogP) is 4.96. The van der Waals surface area contributed by atoms with Crippen molar-refractivity contribution in [2.45, 2.75) is 44.7 Å². The number of rotatable bonds is 5. The Hall–Kier alpha value is -3.70. The molecule has 1 saturated carbocycles. The highest BCUT2D eigenvalue weighted by molar-refractivity contribution is 5.91. The number of aryl methyl sites for hydroxylation is 1. The van der Waals surface area contributed by atoms with Crippen molar-refractivity contribution >= 4 is 10.9 Å². The average molecular weight is 459 g/mol. The number of fused-ring (bicyclic) bond motifs is 1.